The van der Waals surface area contributed by atoms with Crippen LogP contribution < -0.4 is 26.6 Å². The number of hydrogen-bond acceptors (Lipinski definition) is 10. The summed E-state index contributed by atoms with van der Waals surface area (Å²) in [6.07, 6.45) is 0.141. The van der Waals surface area contributed by atoms with Crippen LogP contribution in [0.3, 0.4) is 0 Å². The van der Waals surface area contributed by atoms with E-state index >= 15 is 0 Å². The van der Waals surface area contributed by atoms with Gasteiger partial charge in [0.1, 0.15) is 17.0 Å². The van der Waals surface area contributed by atoms with Crippen molar-refractivity contribution in [2.24, 2.45) is 14.1 Å². The second-order valence-electron chi connectivity index (χ2n) is 11.3. The van der Waals surface area contributed by atoms with Gasteiger partial charge < -0.3 is 25.2 Å². The summed E-state index contributed by atoms with van der Waals surface area (Å²) in [7, 11) is 4.52. The Bertz CT molecular complexity index is 2120. The average Bonchev–Trinajstić information content (AvgIpc) is 3.07. The zero-order valence-electron chi connectivity index (χ0n) is 26.2. The molecule has 1 aliphatic heterocycles. The van der Waals surface area contributed by atoms with Crippen molar-refractivity contribution < 1.29 is 14.6 Å². The lowest BCUT2D eigenvalue weighted by Gasteiger charge is -2.28. The molecule has 1 fully saturated rings. The predicted molar refractivity (Wildman–Crippen MR) is 182 cm³/mol. The summed E-state index contributed by atoms with van der Waals surface area (Å²) in [6.45, 7) is 3.05. The van der Waals surface area contributed by atoms with Crippen LogP contribution in [0.5, 0.6) is 5.88 Å². The Morgan fingerprint density at radius 1 is 0.979 bits per heavy atom. The first-order chi connectivity index (χ1) is 22.6. The Labute approximate surface area is 279 Å². The summed E-state index contributed by atoms with van der Waals surface area (Å²) in [5.41, 5.74) is 3.10. The van der Waals surface area contributed by atoms with Crippen LogP contribution in [0.2, 0.25) is 10.0 Å². The number of anilines is 2. The molecule has 2 atom stereocenters. The number of aliphatic hydroxyl groups excluding tert-OH is 1. The van der Waals surface area contributed by atoms with Crippen LogP contribution in [-0.2, 0) is 25.4 Å². The van der Waals surface area contributed by atoms with Crippen LogP contribution in [0.15, 0.2) is 58.1 Å². The number of hydrogen-bond donors (Lipinski definition) is 3. The van der Waals surface area contributed by atoms with Crippen molar-refractivity contribution in [3.8, 4) is 28.3 Å². The Balaban J connectivity index is 1.34. The van der Waals surface area contributed by atoms with Gasteiger partial charge in [-0.1, -0.05) is 59.6 Å². The zero-order valence-corrected chi connectivity index (χ0v) is 27.7. The van der Waals surface area contributed by atoms with Gasteiger partial charge in [0.05, 0.1) is 41.2 Å². The molecule has 6 rings (SSSR count). The van der Waals surface area contributed by atoms with Gasteiger partial charge in [0.2, 0.25) is 5.88 Å². The molecule has 244 valence electrons. The smallest absolute Gasteiger partial charge is 0.332 e. The Morgan fingerprint density at radius 2 is 1.70 bits per heavy atom. The largest absolute Gasteiger partial charge is 0.481 e. The number of pyridine rings is 1. The number of halogens is 2. The van der Waals surface area contributed by atoms with Gasteiger partial charge in [0.15, 0.2) is 5.65 Å². The Morgan fingerprint density at radius 3 is 2.45 bits per heavy atom. The molecule has 0 aliphatic carbocycles. The number of fused-ring (bicyclic) bond motifs is 1. The number of aryl methyl sites for hydroxylation is 2. The third-order valence-corrected chi connectivity index (χ3v) is 9.06. The second kappa shape index (κ2) is 13.4. The van der Waals surface area contributed by atoms with Crippen LogP contribution in [0, 0.1) is 6.92 Å². The molecule has 3 aromatic heterocycles. The molecule has 0 bridgehead atoms. The molecule has 0 saturated carbocycles. The van der Waals surface area contributed by atoms with E-state index in [0.29, 0.717) is 76.0 Å². The van der Waals surface area contributed by atoms with Gasteiger partial charge in [-0.15, -0.1) is 0 Å². The molecule has 47 heavy (non-hydrogen) atoms. The predicted octanol–water partition coefficient (Wildman–Crippen LogP) is 4.36. The third kappa shape index (κ3) is 6.22. The molecule has 3 N–H and O–H groups in total. The Kier molecular flexibility index (Phi) is 9.31. The lowest BCUT2D eigenvalue weighted by molar-refractivity contribution is -0.0281. The van der Waals surface area contributed by atoms with E-state index in [2.05, 4.69) is 20.6 Å². The van der Waals surface area contributed by atoms with E-state index in [1.807, 2.05) is 42.5 Å². The van der Waals surface area contributed by atoms with E-state index in [9.17, 15) is 14.7 Å². The molecule has 5 aromatic rings. The molecule has 0 spiro atoms. The van der Waals surface area contributed by atoms with Gasteiger partial charge in [-0.2, -0.15) is 0 Å². The minimum atomic E-state index is -0.573. The number of benzene rings is 2. The topological polar surface area (TPSA) is 145 Å². The number of nitrogens with zero attached hydrogens (tertiary/aromatic N) is 5. The summed E-state index contributed by atoms with van der Waals surface area (Å²) >= 11 is 14.0. The SMILES string of the molecule is COc1nc(-c2cccc(-c3cccc(Nc4nc(C)nc5c4c(=O)n(C)c(=O)n5C)c3Cl)c2Cl)ccc1CN[C@H]1CCOC[C@H]1O. The lowest BCUT2D eigenvalue weighted by atomic mass is 10.00. The van der Waals surface area contributed by atoms with Gasteiger partial charge in [-0.3, -0.25) is 13.9 Å². The van der Waals surface area contributed by atoms with Crippen molar-refractivity contribution in [3.63, 3.8) is 0 Å². The van der Waals surface area contributed by atoms with E-state index in [0.717, 1.165) is 10.1 Å². The van der Waals surface area contributed by atoms with Crippen molar-refractivity contribution in [2.75, 3.05) is 25.6 Å². The minimum Gasteiger partial charge on any atom is -0.481 e. The summed E-state index contributed by atoms with van der Waals surface area (Å²) < 4.78 is 13.3. The summed E-state index contributed by atoms with van der Waals surface area (Å²) in [4.78, 5) is 39.3. The minimum absolute atomic E-state index is 0.0783. The highest BCUT2D eigenvalue weighted by Gasteiger charge is 2.24. The number of rotatable bonds is 8. The van der Waals surface area contributed by atoms with Crippen molar-refractivity contribution in [3.05, 3.63) is 90.8 Å². The van der Waals surface area contributed by atoms with Crippen molar-refractivity contribution in [2.45, 2.75) is 32.0 Å². The van der Waals surface area contributed by atoms with E-state index < -0.39 is 17.4 Å². The summed E-state index contributed by atoms with van der Waals surface area (Å²) in [6, 6.07) is 14.7. The molecular weight excluding hydrogens is 645 g/mol. The van der Waals surface area contributed by atoms with Crippen LogP contribution in [-0.4, -0.2) is 61.7 Å². The zero-order chi connectivity index (χ0) is 33.4. The molecule has 12 nitrogen and oxygen atoms in total. The first-order valence-corrected chi connectivity index (χ1v) is 15.7. The average molecular weight is 679 g/mol. The fraction of sp³-hybridized carbons (Fsp3) is 0.303. The molecule has 2 aromatic carbocycles. The molecule has 0 amide bonds. The maximum Gasteiger partial charge on any atom is 0.332 e. The maximum atomic E-state index is 13.1. The number of ether oxygens (including phenoxy) is 2. The normalized spacial score (nSPS) is 16.4. The number of nitrogens with one attached hydrogen (secondary N) is 2. The Hall–Kier alpha value is -4.33. The summed E-state index contributed by atoms with van der Waals surface area (Å²) in [5, 5.41) is 17.7. The number of methoxy groups -OCH3 is 1. The molecule has 4 heterocycles. The molecule has 1 aliphatic rings. The van der Waals surface area contributed by atoms with Gasteiger partial charge in [-0.25, -0.2) is 19.7 Å². The van der Waals surface area contributed by atoms with Crippen molar-refractivity contribution in [1.82, 2.24) is 29.4 Å². The van der Waals surface area contributed by atoms with Crippen molar-refractivity contribution >= 4 is 45.7 Å². The highest BCUT2D eigenvalue weighted by atomic mass is 35.5. The third-order valence-electron chi connectivity index (χ3n) is 8.24. The van der Waals surface area contributed by atoms with E-state index in [4.69, 9.17) is 37.7 Å². The van der Waals surface area contributed by atoms with Gasteiger partial charge >= 0.3 is 5.69 Å². The fourth-order valence-corrected chi connectivity index (χ4v) is 6.29. The van der Waals surface area contributed by atoms with Gasteiger partial charge in [-0.05, 0) is 25.5 Å². The molecule has 0 unspecified atom stereocenters. The second-order valence-corrected chi connectivity index (χ2v) is 12.0. The highest BCUT2D eigenvalue weighted by molar-refractivity contribution is 6.39. The monoisotopic (exact) mass is 677 g/mol. The van der Waals surface area contributed by atoms with E-state index in [1.165, 1.54) is 11.6 Å². The first kappa shape index (κ1) is 32.6. The quantitative estimate of drug-likeness (QED) is 0.217. The van der Waals surface area contributed by atoms with Crippen LogP contribution in [0.1, 0.15) is 17.8 Å². The van der Waals surface area contributed by atoms with Crippen LogP contribution in [0.4, 0.5) is 11.5 Å². The molecule has 1 saturated heterocycles. The maximum absolute atomic E-state index is 13.1. The van der Waals surface area contributed by atoms with E-state index in [1.54, 1.807) is 27.1 Å². The van der Waals surface area contributed by atoms with Crippen LogP contribution >= 0.6 is 23.2 Å². The number of aliphatic hydroxyl groups is 1. The number of aromatic nitrogens is 5. The molecule has 0 radical (unpaired) electrons. The first-order valence-electron chi connectivity index (χ1n) is 14.9. The van der Waals surface area contributed by atoms with Gasteiger partial charge in [0, 0.05) is 55.5 Å². The van der Waals surface area contributed by atoms with E-state index in [-0.39, 0.29) is 22.9 Å². The fourth-order valence-electron chi connectivity index (χ4n) is 5.69. The van der Waals surface area contributed by atoms with Crippen LogP contribution in [0.25, 0.3) is 33.4 Å². The van der Waals surface area contributed by atoms with Crippen molar-refractivity contribution in [1.29, 1.82) is 0 Å². The molecular formula is C33H33Cl2N7O5. The lowest BCUT2D eigenvalue weighted by Crippen LogP contribution is -2.46. The molecule has 14 heteroatoms. The van der Waals surface area contributed by atoms with Gasteiger partial charge in [0.25, 0.3) is 5.56 Å². The standard InChI is InChI=1S/C33H33Cl2N7O5/c1-17-37-29(26-30(38-17)41(2)33(45)42(3)32(26)44)39-24-10-6-8-20(28(24)35)19-7-5-9-21(27(19)34)22-12-11-18(31(40-22)46-4)15-36-23-13-14-47-16-25(23)43/h5-12,23,25,36,43H,13-16H2,1-4H3,(H,37,38,39)/t23-,25+/m0/s1. The highest BCUT2D eigenvalue weighted by Crippen LogP contribution is 2.42. The summed E-state index contributed by atoms with van der Waals surface area (Å²) in [5.74, 6) is 1.04.